The van der Waals surface area contributed by atoms with Crippen LogP contribution in [-0.4, -0.2) is 48.0 Å². The Kier molecular flexibility index (Phi) is 8.80. The van der Waals surface area contributed by atoms with Crippen LogP contribution in [0.3, 0.4) is 0 Å². The van der Waals surface area contributed by atoms with Crippen LogP contribution in [0, 0.1) is 0 Å². The van der Waals surface area contributed by atoms with Crippen LogP contribution >= 0.6 is 0 Å². The van der Waals surface area contributed by atoms with Crippen LogP contribution in [0.5, 0.6) is 0 Å². The highest BCUT2D eigenvalue weighted by atomic mass is 16.4. The summed E-state index contributed by atoms with van der Waals surface area (Å²) < 4.78 is 0. The summed E-state index contributed by atoms with van der Waals surface area (Å²) >= 11 is 0. The summed E-state index contributed by atoms with van der Waals surface area (Å²) in [5.41, 5.74) is 0. The van der Waals surface area contributed by atoms with Gasteiger partial charge in [-0.15, -0.1) is 6.58 Å². The fourth-order valence-corrected chi connectivity index (χ4v) is 1.15. The molecule has 4 N–H and O–H groups in total. The van der Waals surface area contributed by atoms with E-state index in [1.807, 2.05) is 0 Å². The van der Waals surface area contributed by atoms with Crippen LogP contribution in [0.1, 0.15) is 19.8 Å². The van der Waals surface area contributed by atoms with Crippen LogP contribution < -0.4 is 10.6 Å². The Morgan fingerprint density at radius 3 is 2.75 bits per heavy atom. The molecule has 0 aromatic carbocycles. The minimum Gasteiger partial charge on any atom is -0.480 e. The van der Waals surface area contributed by atoms with E-state index in [4.69, 9.17) is 5.11 Å². The van der Waals surface area contributed by atoms with Crippen LogP contribution in [0.4, 0.5) is 0 Å². The molecule has 0 radical (unpaired) electrons. The maximum absolute atomic E-state index is 10.5. The molecule has 0 spiro atoms. The van der Waals surface area contributed by atoms with Gasteiger partial charge in [0.1, 0.15) is 6.04 Å². The molecular formula is C11H22N2O3. The van der Waals surface area contributed by atoms with Gasteiger partial charge in [0.05, 0.1) is 6.10 Å². The molecule has 16 heavy (non-hydrogen) atoms. The molecule has 94 valence electrons. The smallest absolute Gasteiger partial charge is 0.320 e. The highest BCUT2D eigenvalue weighted by Crippen LogP contribution is 1.95. The van der Waals surface area contributed by atoms with Gasteiger partial charge in [-0.1, -0.05) is 6.08 Å². The summed E-state index contributed by atoms with van der Waals surface area (Å²) in [6.45, 7) is 6.92. The summed E-state index contributed by atoms with van der Waals surface area (Å²) in [6.07, 6.45) is 2.92. The second-order valence-electron chi connectivity index (χ2n) is 3.74. The largest absolute Gasteiger partial charge is 0.480 e. The maximum atomic E-state index is 10.5. The summed E-state index contributed by atoms with van der Waals surface area (Å²) in [6, 6.07) is -0.535. The number of nitrogens with one attached hydrogen (secondary N) is 2. The Morgan fingerprint density at radius 2 is 2.19 bits per heavy atom. The first-order chi connectivity index (χ1) is 7.57. The number of carbonyl (C=O) groups is 1. The van der Waals surface area contributed by atoms with Gasteiger partial charge in [0.2, 0.25) is 0 Å². The zero-order valence-electron chi connectivity index (χ0n) is 9.78. The van der Waals surface area contributed by atoms with E-state index in [1.165, 1.54) is 0 Å². The van der Waals surface area contributed by atoms with Gasteiger partial charge in [-0.3, -0.25) is 4.79 Å². The third-order valence-electron chi connectivity index (χ3n) is 2.21. The van der Waals surface area contributed by atoms with Crippen molar-refractivity contribution in [3.05, 3.63) is 12.7 Å². The van der Waals surface area contributed by atoms with E-state index in [9.17, 15) is 9.90 Å². The molecule has 2 atom stereocenters. The van der Waals surface area contributed by atoms with E-state index in [0.29, 0.717) is 26.1 Å². The summed E-state index contributed by atoms with van der Waals surface area (Å²) in [5, 5.41) is 23.9. The van der Waals surface area contributed by atoms with Gasteiger partial charge in [-0.05, 0) is 19.8 Å². The molecule has 0 amide bonds. The lowest BCUT2D eigenvalue weighted by Gasteiger charge is -2.12. The van der Waals surface area contributed by atoms with E-state index in [0.717, 1.165) is 6.42 Å². The van der Waals surface area contributed by atoms with Gasteiger partial charge in [0.15, 0.2) is 0 Å². The number of carboxylic acid groups (broad SMARTS) is 1. The van der Waals surface area contributed by atoms with Gasteiger partial charge in [0.25, 0.3) is 0 Å². The van der Waals surface area contributed by atoms with Crippen molar-refractivity contribution < 1.29 is 15.0 Å². The Labute approximate surface area is 96.5 Å². The van der Waals surface area contributed by atoms with E-state index in [-0.39, 0.29) is 6.10 Å². The second kappa shape index (κ2) is 9.33. The molecule has 0 heterocycles. The Balaban J connectivity index is 3.32. The first kappa shape index (κ1) is 15.1. The summed E-state index contributed by atoms with van der Waals surface area (Å²) in [5.74, 6) is -0.856. The van der Waals surface area contributed by atoms with Crippen molar-refractivity contribution >= 4 is 5.97 Å². The molecule has 0 rings (SSSR count). The Bertz CT molecular complexity index is 209. The minimum atomic E-state index is -0.856. The highest BCUT2D eigenvalue weighted by Gasteiger charge is 2.08. The molecule has 5 nitrogen and oxygen atoms in total. The predicted molar refractivity (Wildman–Crippen MR) is 63.4 cm³/mol. The molecule has 0 aliphatic rings. The van der Waals surface area contributed by atoms with Gasteiger partial charge >= 0.3 is 5.97 Å². The third-order valence-corrected chi connectivity index (χ3v) is 2.21. The van der Waals surface area contributed by atoms with E-state index >= 15 is 0 Å². The normalized spacial score (nSPS) is 14.4. The lowest BCUT2D eigenvalue weighted by atomic mass is 10.2. The average molecular weight is 230 g/mol. The number of hydrogen-bond donors (Lipinski definition) is 4. The molecule has 0 saturated carbocycles. The molecule has 5 heteroatoms. The number of allylic oxidation sites excluding steroid dienone is 1. The van der Waals surface area contributed by atoms with Gasteiger partial charge in [0, 0.05) is 19.6 Å². The first-order valence-corrected chi connectivity index (χ1v) is 5.53. The topological polar surface area (TPSA) is 81.6 Å². The van der Waals surface area contributed by atoms with Crippen LogP contribution in [0.15, 0.2) is 12.7 Å². The molecule has 0 fully saturated rings. The van der Waals surface area contributed by atoms with Crippen molar-refractivity contribution in [3.63, 3.8) is 0 Å². The number of aliphatic hydroxyl groups excluding tert-OH is 1. The lowest BCUT2D eigenvalue weighted by Crippen LogP contribution is -2.39. The van der Waals surface area contributed by atoms with Crippen molar-refractivity contribution in [1.29, 1.82) is 0 Å². The van der Waals surface area contributed by atoms with Crippen molar-refractivity contribution in [3.8, 4) is 0 Å². The molecule has 0 aromatic heterocycles. The van der Waals surface area contributed by atoms with E-state index in [1.54, 1.807) is 13.0 Å². The highest BCUT2D eigenvalue weighted by molar-refractivity contribution is 5.72. The quantitative estimate of drug-likeness (QED) is 0.313. The van der Waals surface area contributed by atoms with E-state index < -0.39 is 12.0 Å². The Hall–Kier alpha value is -0.910. The lowest BCUT2D eigenvalue weighted by molar-refractivity contribution is -0.138. The molecule has 0 aromatic rings. The molecule has 0 aliphatic heterocycles. The molecular weight excluding hydrogens is 208 g/mol. The van der Waals surface area contributed by atoms with Gasteiger partial charge < -0.3 is 20.8 Å². The molecule has 0 bridgehead atoms. The van der Waals surface area contributed by atoms with Crippen molar-refractivity contribution in [2.24, 2.45) is 0 Å². The number of aliphatic carboxylic acids is 1. The molecule has 2 unspecified atom stereocenters. The van der Waals surface area contributed by atoms with E-state index in [2.05, 4.69) is 17.2 Å². The standard InChI is InChI=1S/C11H22N2O3/c1-3-4-5-10(14)8-12-6-7-13-9(2)11(15)16/h3,9-10,12-14H,1,4-8H2,2H3,(H,15,16). The predicted octanol–water partition coefficient (Wildman–Crippen LogP) is -0.0342. The summed E-state index contributed by atoms with van der Waals surface area (Å²) in [7, 11) is 0. The van der Waals surface area contributed by atoms with Crippen molar-refractivity contribution in [1.82, 2.24) is 10.6 Å². The molecule has 0 saturated heterocycles. The Morgan fingerprint density at radius 1 is 1.50 bits per heavy atom. The number of carboxylic acids is 1. The summed E-state index contributed by atoms with van der Waals surface area (Å²) in [4.78, 5) is 10.5. The fourth-order valence-electron chi connectivity index (χ4n) is 1.15. The van der Waals surface area contributed by atoms with Crippen LogP contribution in [-0.2, 0) is 4.79 Å². The first-order valence-electron chi connectivity index (χ1n) is 5.53. The number of hydrogen-bond acceptors (Lipinski definition) is 4. The zero-order chi connectivity index (χ0) is 12.4. The van der Waals surface area contributed by atoms with Gasteiger partial charge in [-0.2, -0.15) is 0 Å². The number of aliphatic hydroxyl groups is 1. The average Bonchev–Trinajstić information content (AvgIpc) is 2.25. The number of rotatable bonds is 10. The second-order valence-corrected chi connectivity index (χ2v) is 3.74. The zero-order valence-corrected chi connectivity index (χ0v) is 9.78. The van der Waals surface area contributed by atoms with Crippen LogP contribution in [0.25, 0.3) is 0 Å². The third kappa shape index (κ3) is 8.40. The SMILES string of the molecule is C=CCCC(O)CNCCNC(C)C(=O)O. The van der Waals surface area contributed by atoms with Crippen molar-refractivity contribution in [2.45, 2.75) is 31.9 Å². The minimum absolute atomic E-state index is 0.366. The fraction of sp³-hybridized carbons (Fsp3) is 0.727. The van der Waals surface area contributed by atoms with Crippen LogP contribution in [0.2, 0.25) is 0 Å². The molecule has 0 aliphatic carbocycles. The maximum Gasteiger partial charge on any atom is 0.320 e. The monoisotopic (exact) mass is 230 g/mol. The van der Waals surface area contributed by atoms with Gasteiger partial charge in [-0.25, -0.2) is 0 Å². The van der Waals surface area contributed by atoms with Crippen molar-refractivity contribution in [2.75, 3.05) is 19.6 Å².